The van der Waals surface area contributed by atoms with Crippen molar-refractivity contribution < 1.29 is 27.9 Å². The second-order valence-corrected chi connectivity index (χ2v) is 5.93. The van der Waals surface area contributed by atoms with Gasteiger partial charge in [0.1, 0.15) is 5.03 Å². The molecule has 2 aromatic heterocycles. The molecule has 3 rings (SSSR count). The van der Waals surface area contributed by atoms with Crippen molar-refractivity contribution in [3.05, 3.63) is 11.3 Å². The Bertz CT molecular complexity index is 880. The van der Waals surface area contributed by atoms with Crippen molar-refractivity contribution in [3.63, 3.8) is 0 Å². The molecule has 0 aliphatic carbocycles. The highest BCUT2D eigenvalue weighted by Gasteiger charge is 2.38. The number of aliphatic carboxylic acids is 1. The Morgan fingerprint density at radius 3 is 2.65 bits per heavy atom. The number of nitrogens with zero attached hydrogens (tertiary/aromatic N) is 3. The molecule has 0 saturated heterocycles. The number of thioether (sulfide) groups is 1. The summed E-state index contributed by atoms with van der Waals surface area (Å²) in [4.78, 5) is 28.7. The summed E-state index contributed by atoms with van der Waals surface area (Å²) >= 11 is 1.54. The molecule has 0 radical (unpaired) electrons. The number of amides is 1. The molecule has 0 fully saturated rings. The molecule has 0 bridgehead atoms. The first kappa shape index (κ1) is 19.5. The van der Waals surface area contributed by atoms with Gasteiger partial charge in [0.25, 0.3) is 0 Å². The number of nitrogen functional groups attached to an aromatic ring is 1. The molecule has 0 saturated carbocycles. The first-order chi connectivity index (χ1) is 12.1. The van der Waals surface area contributed by atoms with E-state index in [4.69, 9.17) is 15.6 Å². The molecule has 26 heavy (non-hydrogen) atoms. The van der Waals surface area contributed by atoms with Gasteiger partial charge in [-0.2, -0.15) is 23.3 Å². The van der Waals surface area contributed by atoms with Gasteiger partial charge in [0.05, 0.1) is 11.1 Å². The third kappa shape index (κ3) is 4.62. The van der Waals surface area contributed by atoms with Crippen LogP contribution in [0.4, 0.5) is 19.1 Å². The van der Waals surface area contributed by atoms with Crippen molar-refractivity contribution in [2.24, 2.45) is 0 Å². The van der Waals surface area contributed by atoms with E-state index in [9.17, 15) is 18.0 Å². The average molecular weight is 390 g/mol. The summed E-state index contributed by atoms with van der Waals surface area (Å²) < 4.78 is 31.7. The zero-order valence-corrected chi connectivity index (χ0v) is 14.0. The van der Waals surface area contributed by atoms with E-state index in [2.05, 4.69) is 25.5 Å². The number of rotatable bonds is 2. The van der Waals surface area contributed by atoms with Gasteiger partial charge < -0.3 is 16.2 Å². The van der Waals surface area contributed by atoms with Gasteiger partial charge in [-0.25, -0.2) is 9.78 Å². The lowest BCUT2D eigenvalue weighted by Crippen LogP contribution is -2.21. The standard InChI is InChI=1S/C11H12N6OS.C2HF3O2/c1-13-7(18)3-5-2-6-8-9(17-16-6)14-11(12)15-10(8)19-4-5;3-2(4,5)1(6)7/h2H,3-4H2,1H3,(H,13,18)(H3,12,14,15,16,17);(H,6,7). The second kappa shape index (κ2) is 7.59. The van der Waals surface area contributed by atoms with Gasteiger partial charge in [0.15, 0.2) is 5.65 Å². The van der Waals surface area contributed by atoms with Crippen LogP contribution in [0.3, 0.4) is 0 Å². The summed E-state index contributed by atoms with van der Waals surface area (Å²) in [6.45, 7) is 0. The lowest BCUT2D eigenvalue weighted by molar-refractivity contribution is -0.192. The molecule has 2 aromatic rings. The fraction of sp³-hybridized carbons (Fsp3) is 0.308. The van der Waals surface area contributed by atoms with Crippen molar-refractivity contribution in [2.75, 3.05) is 18.5 Å². The van der Waals surface area contributed by atoms with E-state index in [1.807, 2.05) is 6.08 Å². The van der Waals surface area contributed by atoms with Gasteiger partial charge in [0.2, 0.25) is 11.9 Å². The Morgan fingerprint density at radius 2 is 2.08 bits per heavy atom. The number of carboxylic acid groups (broad SMARTS) is 1. The van der Waals surface area contributed by atoms with E-state index in [0.717, 1.165) is 21.7 Å². The van der Waals surface area contributed by atoms with Crippen LogP contribution in [-0.4, -0.2) is 56.1 Å². The third-order valence-electron chi connectivity index (χ3n) is 3.08. The number of hydrogen-bond acceptors (Lipinski definition) is 7. The fourth-order valence-corrected chi connectivity index (χ4v) is 2.95. The van der Waals surface area contributed by atoms with Crippen LogP contribution in [0.25, 0.3) is 17.1 Å². The molecule has 1 amide bonds. The Morgan fingerprint density at radius 1 is 1.42 bits per heavy atom. The van der Waals surface area contributed by atoms with Gasteiger partial charge in [-0.1, -0.05) is 0 Å². The van der Waals surface area contributed by atoms with Crippen LogP contribution in [0.15, 0.2) is 10.6 Å². The number of nitrogens with one attached hydrogen (secondary N) is 2. The Hall–Kier alpha value is -2.83. The molecule has 5 N–H and O–H groups in total. The van der Waals surface area contributed by atoms with Gasteiger partial charge in [0, 0.05) is 19.2 Å². The minimum Gasteiger partial charge on any atom is -0.475 e. The normalized spacial score (nSPS) is 13.3. The van der Waals surface area contributed by atoms with Gasteiger partial charge in [-0.05, 0) is 11.6 Å². The smallest absolute Gasteiger partial charge is 0.475 e. The van der Waals surface area contributed by atoms with Crippen LogP contribution >= 0.6 is 11.8 Å². The molecule has 140 valence electrons. The van der Waals surface area contributed by atoms with Crippen LogP contribution in [0.5, 0.6) is 0 Å². The van der Waals surface area contributed by atoms with E-state index >= 15 is 0 Å². The number of hydrogen-bond donors (Lipinski definition) is 4. The van der Waals surface area contributed by atoms with Gasteiger partial charge >= 0.3 is 12.1 Å². The summed E-state index contributed by atoms with van der Waals surface area (Å²) in [6, 6.07) is 0. The van der Waals surface area contributed by atoms with E-state index < -0.39 is 12.1 Å². The molecule has 0 unspecified atom stereocenters. The Balaban J connectivity index is 0.000000298. The molecule has 3 heterocycles. The predicted octanol–water partition coefficient (Wildman–Crippen LogP) is 1.19. The molecule has 0 spiro atoms. The van der Waals surface area contributed by atoms with Crippen molar-refractivity contribution >= 4 is 46.7 Å². The highest BCUT2D eigenvalue weighted by atomic mass is 32.2. The van der Waals surface area contributed by atoms with Crippen molar-refractivity contribution in [2.45, 2.75) is 17.6 Å². The largest absolute Gasteiger partial charge is 0.490 e. The average Bonchev–Trinajstić information content (AvgIpc) is 2.85. The van der Waals surface area contributed by atoms with Crippen LogP contribution in [0.1, 0.15) is 12.1 Å². The fourth-order valence-electron chi connectivity index (χ4n) is 1.94. The number of aromatic nitrogens is 4. The van der Waals surface area contributed by atoms with E-state index in [0.29, 0.717) is 17.8 Å². The van der Waals surface area contributed by atoms with Crippen molar-refractivity contribution in [1.82, 2.24) is 25.5 Å². The molecular formula is C13H13F3N6O3S. The molecule has 0 atom stereocenters. The number of carboxylic acids is 1. The SMILES string of the molecule is CNC(=O)CC1=Cc2[nH]nc3nc(N)nc(c23)SC1.O=C(O)C(F)(F)F. The molecular weight excluding hydrogens is 377 g/mol. The minimum absolute atomic E-state index is 0.0147. The van der Waals surface area contributed by atoms with Crippen molar-refractivity contribution in [3.8, 4) is 0 Å². The van der Waals surface area contributed by atoms with Gasteiger partial charge in [-0.3, -0.25) is 9.89 Å². The number of H-pyrrole nitrogens is 1. The molecule has 9 nitrogen and oxygen atoms in total. The van der Waals surface area contributed by atoms with Crippen LogP contribution < -0.4 is 11.1 Å². The quantitative estimate of drug-likeness (QED) is 0.559. The number of alkyl halides is 3. The summed E-state index contributed by atoms with van der Waals surface area (Å²) in [5.74, 6) is -1.86. The Labute approximate surface area is 148 Å². The molecule has 1 aliphatic rings. The number of aromatic amines is 1. The summed E-state index contributed by atoms with van der Waals surface area (Å²) in [5, 5.41) is 18.4. The lowest BCUT2D eigenvalue weighted by Gasteiger charge is -2.04. The second-order valence-electron chi connectivity index (χ2n) is 4.97. The van der Waals surface area contributed by atoms with E-state index in [1.165, 1.54) is 0 Å². The lowest BCUT2D eigenvalue weighted by atomic mass is 10.1. The number of nitrogens with two attached hydrogens (primary N) is 1. The number of anilines is 1. The summed E-state index contributed by atoms with van der Waals surface area (Å²) in [5.41, 5.74) is 8.04. The number of halogens is 3. The molecule has 1 aliphatic heterocycles. The molecule has 13 heteroatoms. The zero-order valence-electron chi connectivity index (χ0n) is 13.2. The predicted molar refractivity (Wildman–Crippen MR) is 87.2 cm³/mol. The van der Waals surface area contributed by atoms with E-state index in [1.54, 1.807) is 18.8 Å². The number of carbonyl (C=O) groups excluding carboxylic acids is 1. The summed E-state index contributed by atoms with van der Waals surface area (Å²) in [7, 11) is 1.63. The highest BCUT2D eigenvalue weighted by Crippen LogP contribution is 2.33. The minimum atomic E-state index is -5.08. The summed E-state index contributed by atoms with van der Waals surface area (Å²) in [6.07, 6.45) is -2.78. The van der Waals surface area contributed by atoms with Crippen LogP contribution in [-0.2, 0) is 9.59 Å². The first-order valence-corrected chi connectivity index (χ1v) is 7.95. The van der Waals surface area contributed by atoms with E-state index in [-0.39, 0.29) is 11.9 Å². The maximum Gasteiger partial charge on any atom is 0.490 e. The van der Waals surface area contributed by atoms with Crippen LogP contribution in [0.2, 0.25) is 0 Å². The maximum absolute atomic E-state index is 11.5. The van der Waals surface area contributed by atoms with Gasteiger partial charge in [-0.15, -0.1) is 11.8 Å². The topological polar surface area (TPSA) is 147 Å². The zero-order chi connectivity index (χ0) is 19.5. The third-order valence-corrected chi connectivity index (χ3v) is 4.16. The van der Waals surface area contributed by atoms with Crippen LogP contribution in [0, 0.1) is 0 Å². The van der Waals surface area contributed by atoms with Crippen molar-refractivity contribution in [1.29, 1.82) is 0 Å². The molecule has 0 aromatic carbocycles. The first-order valence-electron chi connectivity index (χ1n) is 6.96. The maximum atomic E-state index is 11.5. The highest BCUT2D eigenvalue weighted by molar-refractivity contribution is 7.99. The monoisotopic (exact) mass is 390 g/mol. The number of carbonyl (C=O) groups is 2. The Kier molecular flexibility index (Phi) is 5.69.